The number of hydrogen-bond acceptors (Lipinski definition) is 5. The lowest BCUT2D eigenvalue weighted by Gasteiger charge is -2.11. The minimum absolute atomic E-state index is 0.116. The van der Waals surface area contributed by atoms with Crippen molar-refractivity contribution < 1.29 is 9.59 Å². The highest BCUT2D eigenvalue weighted by atomic mass is 16.2. The number of nitrogen functional groups attached to an aromatic ring is 1. The number of amides is 2. The normalized spacial score (nSPS) is 11.6. The maximum Gasteiger partial charge on any atom is 0.272 e. The first-order valence-electron chi connectivity index (χ1n) is 4.64. The van der Waals surface area contributed by atoms with Crippen LogP contribution in [0.1, 0.15) is 17.4 Å². The number of likely N-dealkylation sites (N-methyl/N-ethyl adjacent to an activating group) is 1. The van der Waals surface area contributed by atoms with Crippen LogP contribution < -0.4 is 16.4 Å². The van der Waals surface area contributed by atoms with E-state index in [4.69, 9.17) is 5.73 Å². The van der Waals surface area contributed by atoms with Crippen LogP contribution >= 0.6 is 0 Å². The Kier molecular flexibility index (Phi) is 3.76. The van der Waals surface area contributed by atoms with E-state index in [2.05, 4.69) is 20.6 Å². The zero-order chi connectivity index (χ0) is 12.1. The van der Waals surface area contributed by atoms with Crippen molar-refractivity contribution in [3.05, 3.63) is 18.1 Å². The van der Waals surface area contributed by atoms with E-state index in [1.54, 1.807) is 6.92 Å². The third-order valence-corrected chi connectivity index (χ3v) is 1.89. The molecule has 4 N–H and O–H groups in total. The van der Waals surface area contributed by atoms with E-state index in [0.29, 0.717) is 0 Å². The second-order valence-electron chi connectivity index (χ2n) is 3.14. The van der Waals surface area contributed by atoms with Gasteiger partial charge in [-0.05, 0) is 6.92 Å². The second-order valence-corrected chi connectivity index (χ2v) is 3.14. The van der Waals surface area contributed by atoms with Crippen LogP contribution in [-0.4, -0.2) is 34.9 Å². The Bertz CT molecular complexity index is 389. The Hall–Kier alpha value is -2.18. The van der Waals surface area contributed by atoms with Gasteiger partial charge in [0.15, 0.2) is 0 Å². The van der Waals surface area contributed by atoms with E-state index in [1.807, 2.05) is 0 Å². The lowest BCUT2D eigenvalue weighted by atomic mass is 10.3. The zero-order valence-electron chi connectivity index (χ0n) is 9.02. The van der Waals surface area contributed by atoms with Gasteiger partial charge in [-0.25, -0.2) is 9.97 Å². The van der Waals surface area contributed by atoms with Crippen LogP contribution in [0, 0.1) is 0 Å². The zero-order valence-corrected chi connectivity index (χ0v) is 9.02. The predicted octanol–water partition coefficient (Wildman–Crippen LogP) is -1.08. The minimum atomic E-state index is -0.628. The van der Waals surface area contributed by atoms with Crippen molar-refractivity contribution in [3.63, 3.8) is 0 Å². The number of nitrogens with zero attached hydrogens (tertiary/aromatic N) is 2. The topological polar surface area (TPSA) is 110 Å². The van der Waals surface area contributed by atoms with Gasteiger partial charge in [-0.1, -0.05) is 0 Å². The molecule has 2 amide bonds. The molecular formula is C9H13N5O2. The predicted molar refractivity (Wildman–Crippen MR) is 57.4 cm³/mol. The van der Waals surface area contributed by atoms with Crippen molar-refractivity contribution in [1.29, 1.82) is 0 Å². The third kappa shape index (κ3) is 2.91. The summed E-state index contributed by atoms with van der Waals surface area (Å²) in [5, 5.41) is 4.89. The standard InChI is InChI=1S/C9H13N5O2/c1-5(8(15)11-2)14-9(16)6-3-13-7(10)4-12-6/h3-5H,1-2H3,(H2,10,13)(H,11,15)(H,14,16). The number of carbonyl (C=O) groups is 2. The first-order chi connectivity index (χ1) is 7.54. The van der Waals surface area contributed by atoms with Crippen molar-refractivity contribution in [3.8, 4) is 0 Å². The molecule has 0 aliphatic heterocycles. The van der Waals surface area contributed by atoms with E-state index in [0.717, 1.165) is 0 Å². The van der Waals surface area contributed by atoms with Gasteiger partial charge in [-0.3, -0.25) is 9.59 Å². The fourth-order valence-electron chi connectivity index (χ4n) is 1.01. The van der Waals surface area contributed by atoms with E-state index in [9.17, 15) is 9.59 Å². The van der Waals surface area contributed by atoms with Crippen LogP contribution in [0.25, 0.3) is 0 Å². The van der Waals surface area contributed by atoms with E-state index < -0.39 is 11.9 Å². The number of nitrogens with two attached hydrogens (primary N) is 1. The Labute approximate surface area is 92.5 Å². The fourth-order valence-corrected chi connectivity index (χ4v) is 1.01. The van der Waals surface area contributed by atoms with Gasteiger partial charge >= 0.3 is 0 Å². The summed E-state index contributed by atoms with van der Waals surface area (Å²) >= 11 is 0. The molecule has 0 spiro atoms. The maximum atomic E-state index is 11.6. The molecule has 0 bridgehead atoms. The van der Waals surface area contributed by atoms with Gasteiger partial charge < -0.3 is 16.4 Å². The number of anilines is 1. The van der Waals surface area contributed by atoms with E-state index in [1.165, 1.54) is 19.4 Å². The summed E-state index contributed by atoms with van der Waals surface area (Å²) in [5.74, 6) is -0.517. The summed E-state index contributed by atoms with van der Waals surface area (Å²) in [6.45, 7) is 1.57. The second kappa shape index (κ2) is 5.06. The highest BCUT2D eigenvalue weighted by Crippen LogP contribution is 1.96. The van der Waals surface area contributed by atoms with Gasteiger partial charge in [0.05, 0.1) is 12.4 Å². The number of aromatic nitrogens is 2. The molecule has 0 radical (unpaired) electrons. The average molecular weight is 223 g/mol. The quantitative estimate of drug-likeness (QED) is 0.604. The van der Waals surface area contributed by atoms with Crippen molar-refractivity contribution in [2.75, 3.05) is 12.8 Å². The largest absolute Gasteiger partial charge is 0.382 e. The van der Waals surface area contributed by atoms with Crippen LogP contribution in [0.5, 0.6) is 0 Å². The Balaban J connectivity index is 2.65. The highest BCUT2D eigenvalue weighted by Gasteiger charge is 2.15. The average Bonchev–Trinajstić information content (AvgIpc) is 2.28. The van der Waals surface area contributed by atoms with Crippen molar-refractivity contribution in [2.45, 2.75) is 13.0 Å². The number of nitrogens with one attached hydrogen (secondary N) is 2. The summed E-state index contributed by atoms with van der Waals surface area (Å²) in [6, 6.07) is -0.628. The van der Waals surface area contributed by atoms with E-state index >= 15 is 0 Å². The van der Waals surface area contributed by atoms with Crippen molar-refractivity contribution in [2.24, 2.45) is 0 Å². The Morgan fingerprint density at radius 1 is 1.38 bits per heavy atom. The van der Waals surface area contributed by atoms with Crippen LogP contribution in [0.2, 0.25) is 0 Å². The van der Waals surface area contributed by atoms with Gasteiger partial charge in [0, 0.05) is 7.05 Å². The van der Waals surface area contributed by atoms with Gasteiger partial charge in [0.2, 0.25) is 5.91 Å². The molecule has 1 atom stereocenters. The van der Waals surface area contributed by atoms with Gasteiger partial charge in [0.25, 0.3) is 5.91 Å². The molecule has 0 saturated carbocycles. The molecule has 1 aromatic rings. The monoisotopic (exact) mass is 223 g/mol. The molecule has 0 fully saturated rings. The van der Waals surface area contributed by atoms with Gasteiger partial charge in [-0.2, -0.15) is 0 Å². The van der Waals surface area contributed by atoms with Crippen molar-refractivity contribution in [1.82, 2.24) is 20.6 Å². The molecule has 1 rings (SSSR count). The Morgan fingerprint density at radius 3 is 2.56 bits per heavy atom. The summed E-state index contributed by atoms with van der Waals surface area (Å²) in [5.41, 5.74) is 5.44. The lowest BCUT2D eigenvalue weighted by molar-refractivity contribution is -0.122. The highest BCUT2D eigenvalue weighted by molar-refractivity contribution is 5.95. The van der Waals surface area contributed by atoms with Crippen LogP contribution in [0.15, 0.2) is 12.4 Å². The summed E-state index contributed by atoms with van der Waals surface area (Å²) in [6.07, 6.45) is 2.53. The molecule has 1 heterocycles. The molecule has 0 aromatic carbocycles. The molecule has 7 nitrogen and oxygen atoms in total. The Morgan fingerprint density at radius 2 is 2.06 bits per heavy atom. The first kappa shape index (κ1) is 11.9. The molecule has 0 aliphatic carbocycles. The van der Waals surface area contributed by atoms with Gasteiger partial charge in [-0.15, -0.1) is 0 Å². The minimum Gasteiger partial charge on any atom is -0.382 e. The maximum absolute atomic E-state index is 11.6. The summed E-state index contributed by atoms with van der Waals surface area (Å²) < 4.78 is 0. The molecule has 0 aliphatic rings. The number of carbonyl (C=O) groups excluding carboxylic acids is 2. The molecule has 86 valence electrons. The number of hydrogen-bond donors (Lipinski definition) is 3. The molecule has 16 heavy (non-hydrogen) atoms. The van der Waals surface area contributed by atoms with Crippen molar-refractivity contribution >= 4 is 17.6 Å². The summed E-state index contributed by atoms with van der Waals surface area (Å²) in [7, 11) is 1.49. The van der Waals surface area contributed by atoms with Crippen LogP contribution in [0.3, 0.4) is 0 Å². The summed E-state index contributed by atoms with van der Waals surface area (Å²) in [4.78, 5) is 30.2. The first-order valence-corrected chi connectivity index (χ1v) is 4.64. The lowest BCUT2D eigenvalue weighted by Crippen LogP contribution is -2.43. The SMILES string of the molecule is CNC(=O)C(C)NC(=O)c1cnc(N)cn1. The molecule has 1 unspecified atom stereocenters. The third-order valence-electron chi connectivity index (χ3n) is 1.89. The molecule has 7 heteroatoms. The van der Waals surface area contributed by atoms with E-state index in [-0.39, 0.29) is 17.4 Å². The number of rotatable bonds is 3. The van der Waals surface area contributed by atoms with Gasteiger partial charge in [0.1, 0.15) is 17.6 Å². The molecule has 1 aromatic heterocycles. The molecular weight excluding hydrogens is 210 g/mol. The van der Waals surface area contributed by atoms with Crippen LogP contribution in [-0.2, 0) is 4.79 Å². The fraction of sp³-hybridized carbons (Fsp3) is 0.333. The van der Waals surface area contributed by atoms with Crippen LogP contribution in [0.4, 0.5) is 5.82 Å². The smallest absolute Gasteiger partial charge is 0.272 e. The molecule has 0 saturated heterocycles.